The Hall–Kier alpha value is -2.33. The van der Waals surface area contributed by atoms with Gasteiger partial charge >= 0.3 is 0 Å². The minimum absolute atomic E-state index is 0.199. The fraction of sp³-hybridized carbons (Fsp3) is 0.480. The second-order valence-corrected chi connectivity index (χ2v) is 8.21. The van der Waals surface area contributed by atoms with Crippen LogP contribution in [0, 0.1) is 13.8 Å². The van der Waals surface area contributed by atoms with Crippen molar-refractivity contribution in [3.05, 3.63) is 58.9 Å². The molecule has 4 nitrogen and oxygen atoms in total. The lowest BCUT2D eigenvalue weighted by molar-refractivity contribution is 0.286. The van der Waals surface area contributed by atoms with Crippen LogP contribution in [0.15, 0.2) is 36.4 Å². The summed E-state index contributed by atoms with van der Waals surface area (Å²) in [5.41, 5.74) is 6.16. The molecule has 0 aliphatic heterocycles. The van der Waals surface area contributed by atoms with Gasteiger partial charge in [-0.05, 0) is 80.0 Å². The molecule has 156 valence electrons. The molecule has 0 atom stereocenters. The van der Waals surface area contributed by atoms with Crippen molar-refractivity contribution in [1.82, 2.24) is 9.55 Å². The molecule has 4 heteroatoms. The zero-order chi connectivity index (χ0) is 20.8. The third kappa shape index (κ3) is 5.39. The van der Waals surface area contributed by atoms with E-state index in [2.05, 4.69) is 68.7 Å². The molecule has 0 radical (unpaired) electrons. The molecule has 3 aromatic rings. The molecule has 0 amide bonds. The molecule has 29 heavy (non-hydrogen) atoms. The SMILES string of the molecule is Cc1cc2nc(CCCO)n(CCCCOc3ccc(C(C)C)cc3)c2cc1C. The van der Waals surface area contributed by atoms with Crippen LogP contribution >= 0.6 is 0 Å². The largest absolute Gasteiger partial charge is 0.494 e. The van der Waals surface area contributed by atoms with Crippen molar-refractivity contribution < 1.29 is 9.84 Å². The second kappa shape index (κ2) is 9.93. The molecule has 0 spiro atoms. The number of aliphatic hydroxyl groups excluding tert-OH is 1. The predicted molar refractivity (Wildman–Crippen MR) is 120 cm³/mol. The first-order valence-electron chi connectivity index (χ1n) is 10.8. The summed E-state index contributed by atoms with van der Waals surface area (Å²) in [4.78, 5) is 4.84. The Labute approximate surface area is 174 Å². The first kappa shape index (κ1) is 21.4. The first-order chi connectivity index (χ1) is 14.0. The molecule has 0 bridgehead atoms. The van der Waals surface area contributed by atoms with Gasteiger partial charge in [-0.25, -0.2) is 4.98 Å². The summed E-state index contributed by atoms with van der Waals surface area (Å²) in [6.07, 6.45) is 3.59. The number of aliphatic hydroxyl groups is 1. The molecule has 3 rings (SSSR count). The lowest BCUT2D eigenvalue weighted by Crippen LogP contribution is -2.07. The van der Waals surface area contributed by atoms with Gasteiger partial charge in [0.25, 0.3) is 0 Å². The van der Waals surface area contributed by atoms with E-state index < -0.39 is 0 Å². The van der Waals surface area contributed by atoms with E-state index in [1.165, 1.54) is 22.2 Å². The van der Waals surface area contributed by atoms with Gasteiger partial charge in [-0.15, -0.1) is 0 Å². The summed E-state index contributed by atoms with van der Waals surface area (Å²) < 4.78 is 8.25. The van der Waals surface area contributed by atoms with E-state index in [0.29, 0.717) is 5.92 Å². The van der Waals surface area contributed by atoms with E-state index in [1.807, 2.05) is 0 Å². The van der Waals surface area contributed by atoms with Gasteiger partial charge in [-0.1, -0.05) is 26.0 Å². The molecule has 1 aromatic heterocycles. The number of aryl methyl sites for hydroxylation is 4. The van der Waals surface area contributed by atoms with Crippen molar-refractivity contribution in [2.24, 2.45) is 0 Å². The van der Waals surface area contributed by atoms with Gasteiger partial charge in [0.15, 0.2) is 0 Å². The lowest BCUT2D eigenvalue weighted by atomic mass is 10.0. The molecule has 0 unspecified atom stereocenters. The summed E-state index contributed by atoms with van der Waals surface area (Å²) in [5.74, 6) is 2.56. The number of unbranched alkanes of at least 4 members (excludes halogenated alkanes) is 1. The normalized spacial score (nSPS) is 11.5. The predicted octanol–water partition coefficient (Wildman–Crippen LogP) is 5.56. The standard InChI is InChI=1S/C25H34N2O2/c1-18(2)21-9-11-22(12-10-21)29-15-6-5-13-27-24-17-20(4)19(3)16-23(24)26-25(27)8-7-14-28/h9-12,16-18,28H,5-8,13-15H2,1-4H3. The van der Waals surface area contributed by atoms with Gasteiger partial charge < -0.3 is 14.4 Å². The van der Waals surface area contributed by atoms with E-state index >= 15 is 0 Å². The molecule has 1 heterocycles. The van der Waals surface area contributed by atoms with Crippen molar-refractivity contribution in [1.29, 1.82) is 0 Å². The average molecular weight is 395 g/mol. The van der Waals surface area contributed by atoms with Gasteiger partial charge in [-0.3, -0.25) is 0 Å². The smallest absolute Gasteiger partial charge is 0.119 e. The highest BCUT2D eigenvalue weighted by Crippen LogP contribution is 2.23. The monoisotopic (exact) mass is 394 g/mol. The zero-order valence-electron chi connectivity index (χ0n) is 18.2. The number of hydrogen-bond donors (Lipinski definition) is 1. The molecule has 0 aliphatic rings. The number of nitrogens with zero attached hydrogens (tertiary/aromatic N) is 2. The van der Waals surface area contributed by atoms with Gasteiger partial charge in [0, 0.05) is 19.6 Å². The highest BCUT2D eigenvalue weighted by molar-refractivity contribution is 5.78. The molecule has 0 fully saturated rings. The highest BCUT2D eigenvalue weighted by atomic mass is 16.5. The fourth-order valence-corrected chi connectivity index (χ4v) is 3.62. The van der Waals surface area contributed by atoms with Crippen LogP contribution in [0.2, 0.25) is 0 Å². The second-order valence-electron chi connectivity index (χ2n) is 8.21. The van der Waals surface area contributed by atoms with E-state index in [4.69, 9.17) is 9.72 Å². The number of imidazole rings is 1. The van der Waals surface area contributed by atoms with Crippen molar-refractivity contribution in [3.63, 3.8) is 0 Å². The number of rotatable bonds is 10. The summed E-state index contributed by atoms with van der Waals surface area (Å²) in [6.45, 7) is 10.5. The molecular weight excluding hydrogens is 360 g/mol. The molecule has 0 saturated carbocycles. The number of benzene rings is 2. The summed E-state index contributed by atoms with van der Waals surface area (Å²) in [5, 5.41) is 9.23. The first-order valence-corrected chi connectivity index (χ1v) is 10.8. The minimum atomic E-state index is 0.199. The van der Waals surface area contributed by atoms with Crippen LogP contribution in [0.5, 0.6) is 5.75 Å². The Bertz CT molecular complexity index is 926. The maximum atomic E-state index is 9.23. The van der Waals surface area contributed by atoms with E-state index in [1.54, 1.807) is 0 Å². The van der Waals surface area contributed by atoms with Crippen molar-refractivity contribution in [3.8, 4) is 5.75 Å². The number of ether oxygens (including phenoxy) is 1. The third-order valence-corrected chi connectivity index (χ3v) is 5.59. The van der Waals surface area contributed by atoms with Crippen LogP contribution in [-0.4, -0.2) is 27.9 Å². The number of aromatic nitrogens is 2. The third-order valence-electron chi connectivity index (χ3n) is 5.59. The zero-order valence-corrected chi connectivity index (χ0v) is 18.2. The Morgan fingerprint density at radius 2 is 1.72 bits per heavy atom. The molecule has 2 aromatic carbocycles. The number of hydrogen-bond acceptors (Lipinski definition) is 3. The van der Waals surface area contributed by atoms with E-state index in [0.717, 1.165) is 55.9 Å². The van der Waals surface area contributed by atoms with Crippen molar-refractivity contribution >= 4 is 11.0 Å². The highest BCUT2D eigenvalue weighted by Gasteiger charge is 2.12. The van der Waals surface area contributed by atoms with Gasteiger partial charge in [0.05, 0.1) is 17.6 Å². The maximum absolute atomic E-state index is 9.23. The van der Waals surface area contributed by atoms with Crippen LogP contribution in [0.1, 0.15) is 61.5 Å². The Balaban J connectivity index is 1.59. The molecular formula is C25H34N2O2. The maximum Gasteiger partial charge on any atom is 0.119 e. The summed E-state index contributed by atoms with van der Waals surface area (Å²) in [7, 11) is 0. The topological polar surface area (TPSA) is 47.3 Å². The van der Waals surface area contributed by atoms with Gasteiger partial charge in [-0.2, -0.15) is 0 Å². The van der Waals surface area contributed by atoms with Crippen molar-refractivity contribution in [2.45, 2.75) is 65.8 Å². The van der Waals surface area contributed by atoms with E-state index in [-0.39, 0.29) is 6.61 Å². The van der Waals surface area contributed by atoms with Gasteiger partial charge in [0.1, 0.15) is 11.6 Å². The van der Waals surface area contributed by atoms with Gasteiger partial charge in [0.2, 0.25) is 0 Å². The van der Waals surface area contributed by atoms with Crippen LogP contribution in [-0.2, 0) is 13.0 Å². The van der Waals surface area contributed by atoms with Crippen molar-refractivity contribution in [2.75, 3.05) is 13.2 Å². The fourth-order valence-electron chi connectivity index (χ4n) is 3.62. The quantitative estimate of drug-likeness (QED) is 0.458. The Morgan fingerprint density at radius 1 is 1.00 bits per heavy atom. The molecule has 1 N–H and O–H groups in total. The van der Waals surface area contributed by atoms with E-state index in [9.17, 15) is 5.11 Å². The average Bonchev–Trinajstić information content (AvgIpc) is 3.03. The Morgan fingerprint density at radius 3 is 2.41 bits per heavy atom. The summed E-state index contributed by atoms with van der Waals surface area (Å²) in [6, 6.07) is 12.8. The van der Waals surface area contributed by atoms with Crippen LogP contribution in [0.3, 0.4) is 0 Å². The lowest BCUT2D eigenvalue weighted by Gasteiger charge is -2.11. The van der Waals surface area contributed by atoms with Crippen LogP contribution < -0.4 is 4.74 Å². The number of fused-ring (bicyclic) bond motifs is 1. The van der Waals surface area contributed by atoms with Crippen LogP contribution in [0.25, 0.3) is 11.0 Å². The molecule has 0 aliphatic carbocycles. The van der Waals surface area contributed by atoms with Crippen LogP contribution in [0.4, 0.5) is 0 Å². The molecule has 0 saturated heterocycles. The summed E-state index contributed by atoms with van der Waals surface area (Å²) >= 11 is 0. The minimum Gasteiger partial charge on any atom is -0.494 e. The Kier molecular flexibility index (Phi) is 7.32.